The summed E-state index contributed by atoms with van der Waals surface area (Å²) in [5.74, 6) is -0.974. The van der Waals surface area contributed by atoms with Gasteiger partial charge in [0.1, 0.15) is 6.42 Å². The molecule has 0 aromatic rings. The first-order valence-corrected chi connectivity index (χ1v) is 5.32. The molecule has 0 saturated heterocycles. The van der Waals surface area contributed by atoms with Gasteiger partial charge >= 0.3 is 6.18 Å². The average Bonchev–Trinajstić information content (AvgIpc) is 2.15. The molecule has 3 nitrogen and oxygen atoms in total. The van der Waals surface area contributed by atoms with Gasteiger partial charge in [0.05, 0.1) is 12.1 Å². The highest BCUT2D eigenvalue weighted by molar-refractivity contribution is 5.77. The number of hydrogen-bond acceptors (Lipinski definition) is 2. The number of hydrogen-bond donors (Lipinski definition) is 1. The van der Waals surface area contributed by atoms with Crippen molar-refractivity contribution in [1.82, 2.24) is 4.90 Å². The van der Waals surface area contributed by atoms with Gasteiger partial charge in [-0.15, -0.1) is 0 Å². The van der Waals surface area contributed by atoms with Gasteiger partial charge < -0.3 is 10.0 Å². The maximum Gasteiger partial charge on any atom is 0.397 e. The van der Waals surface area contributed by atoms with E-state index in [9.17, 15) is 23.1 Å². The van der Waals surface area contributed by atoms with Crippen molar-refractivity contribution in [2.75, 3.05) is 7.05 Å². The first kappa shape index (κ1) is 13.3. The number of aliphatic hydroxyl groups is 1. The maximum atomic E-state index is 12.0. The van der Waals surface area contributed by atoms with Crippen LogP contribution in [0.3, 0.4) is 0 Å². The van der Waals surface area contributed by atoms with Gasteiger partial charge in [0.25, 0.3) is 0 Å². The second-order valence-electron chi connectivity index (χ2n) is 4.22. The molecule has 1 N–H and O–H groups in total. The van der Waals surface area contributed by atoms with Gasteiger partial charge in [-0.1, -0.05) is 12.8 Å². The van der Waals surface area contributed by atoms with Crippen molar-refractivity contribution in [3.63, 3.8) is 0 Å². The van der Waals surface area contributed by atoms with Crippen LogP contribution in [-0.2, 0) is 4.79 Å². The normalized spacial score (nSPS) is 26.6. The number of aliphatic hydroxyl groups excluding tert-OH is 1. The number of carbonyl (C=O) groups excluding carboxylic acids is 1. The molecular formula is C10H16F3NO2. The van der Waals surface area contributed by atoms with Crippen molar-refractivity contribution >= 4 is 5.91 Å². The summed E-state index contributed by atoms with van der Waals surface area (Å²) in [5.41, 5.74) is 0. The molecule has 16 heavy (non-hydrogen) atoms. The summed E-state index contributed by atoms with van der Waals surface area (Å²) in [6, 6.07) is -0.469. The lowest BCUT2D eigenvalue weighted by atomic mass is 9.91. The quantitative estimate of drug-likeness (QED) is 0.796. The van der Waals surface area contributed by atoms with E-state index in [2.05, 4.69) is 0 Å². The molecule has 0 radical (unpaired) electrons. The fraction of sp³-hybridized carbons (Fsp3) is 0.900. The zero-order valence-electron chi connectivity index (χ0n) is 9.13. The number of rotatable bonds is 2. The Kier molecular flexibility index (Phi) is 4.18. The summed E-state index contributed by atoms with van der Waals surface area (Å²) in [7, 11) is 1.33. The molecule has 1 amide bonds. The van der Waals surface area contributed by atoms with Gasteiger partial charge in [-0.2, -0.15) is 13.2 Å². The smallest absolute Gasteiger partial charge is 0.391 e. The fourth-order valence-electron chi connectivity index (χ4n) is 2.02. The molecule has 1 rings (SSSR count). The molecule has 0 bridgehead atoms. The third-order valence-corrected chi connectivity index (χ3v) is 2.94. The van der Waals surface area contributed by atoms with Crippen LogP contribution in [0, 0.1) is 0 Å². The first-order chi connectivity index (χ1) is 7.31. The van der Waals surface area contributed by atoms with Crippen LogP contribution in [-0.4, -0.2) is 41.3 Å². The third kappa shape index (κ3) is 3.66. The second-order valence-corrected chi connectivity index (χ2v) is 4.22. The van der Waals surface area contributed by atoms with Gasteiger partial charge in [-0.05, 0) is 12.8 Å². The van der Waals surface area contributed by atoms with Crippen LogP contribution in [0.5, 0.6) is 0 Å². The van der Waals surface area contributed by atoms with E-state index in [0.717, 1.165) is 17.7 Å². The topological polar surface area (TPSA) is 40.5 Å². The number of halogens is 3. The molecule has 94 valence electrons. The van der Waals surface area contributed by atoms with Crippen molar-refractivity contribution in [2.45, 2.75) is 50.4 Å². The van der Waals surface area contributed by atoms with Crippen molar-refractivity contribution in [1.29, 1.82) is 0 Å². The molecule has 0 aliphatic heterocycles. The summed E-state index contributed by atoms with van der Waals surface area (Å²) in [4.78, 5) is 12.3. The monoisotopic (exact) mass is 239 g/mol. The Morgan fingerprint density at radius 3 is 2.44 bits per heavy atom. The van der Waals surface area contributed by atoms with Crippen molar-refractivity contribution in [3.05, 3.63) is 0 Å². The lowest BCUT2D eigenvalue weighted by Crippen LogP contribution is -2.47. The summed E-state index contributed by atoms with van der Waals surface area (Å²) < 4.78 is 36.1. The first-order valence-electron chi connectivity index (χ1n) is 5.32. The van der Waals surface area contributed by atoms with E-state index in [4.69, 9.17) is 0 Å². The Labute approximate surface area is 92.2 Å². The van der Waals surface area contributed by atoms with E-state index in [1.165, 1.54) is 7.05 Å². The van der Waals surface area contributed by atoms with Crippen LogP contribution in [0.2, 0.25) is 0 Å². The van der Waals surface area contributed by atoms with Crippen LogP contribution >= 0.6 is 0 Å². The minimum absolute atomic E-state index is 0.469. The van der Waals surface area contributed by atoms with E-state index >= 15 is 0 Å². The summed E-state index contributed by atoms with van der Waals surface area (Å²) in [5, 5.41) is 9.61. The Balaban J connectivity index is 2.55. The summed E-state index contributed by atoms with van der Waals surface area (Å²) >= 11 is 0. The molecule has 2 unspecified atom stereocenters. The molecule has 0 aromatic heterocycles. The lowest BCUT2D eigenvalue weighted by molar-refractivity contribution is -0.164. The maximum absolute atomic E-state index is 12.0. The van der Waals surface area contributed by atoms with Gasteiger partial charge in [0.2, 0.25) is 5.91 Å². The Bertz CT molecular complexity index is 255. The van der Waals surface area contributed by atoms with Crippen LogP contribution in [0.15, 0.2) is 0 Å². The summed E-state index contributed by atoms with van der Waals surface area (Å²) in [6.07, 6.45) is -3.81. The predicted octanol–water partition coefficient (Wildman–Crippen LogP) is 1.70. The minimum atomic E-state index is -4.48. The highest BCUT2D eigenvalue weighted by Crippen LogP contribution is 2.25. The Morgan fingerprint density at radius 2 is 1.94 bits per heavy atom. The van der Waals surface area contributed by atoms with E-state index < -0.39 is 30.7 Å². The SMILES string of the molecule is CN(C(=O)CC(F)(F)F)C1CCCCC1O. The van der Waals surface area contributed by atoms with E-state index in [0.29, 0.717) is 12.8 Å². The van der Waals surface area contributed by atoms with Gasteiger partial charge in [0, 0.05) is 7.05 Å². The lowest BCUT2D eigenvalue weighted by Gasteiger charge is -2.35. The number of likely N-dealkylation sites (N-methyl/N-ethyl adjacent to an activating group) is 1. The molecule has 1 fully saturated rings. The third-order valence-electron chi connectivity index (χ3n) is 2.94. The summed E-state index contributed by atoms with van der Waals surface area (Å²) in [6.45, 7) is 0. The van der Waals surface area contributed by atoms with Crippen LogP contribution < -0.4 is 0 Å². The van der Waals surface area contributed by atoms with E-state index in [1.807, 2.05) is 0 Å². The highest BCUT2D eigenvalue weighted by atomic mass is 19.4. The molecule has 0 spiro atoms. The average molecular weight is 239 g/mol. The van der Waals surface area contributed by atoms with Crippen molar-refractivity contribution in [3.8, 4) is 0 Å². The number of nitrogens with zero attached hydrogens (tertiary/aromatic N) is 1. The number of amides is 1. The van der Waals surface area contributed by atoms with E-state index in [-0.39, 0.29) is 0 Å². The van der Waals surface area contributed by atoms with Crippen molar-refractivity contribution in [2.24, 2.45) is 0 Å². The Hall–Kier alpha value is -0.780. The molecular weight excluding hydrogens is 223 g/mol. The van der Waals surface area contributed by atoms with Crippen molar-refractivity contribution < 1.29 is 23.1 Å². The highest BCUT2D eigenvalue weighted by Gasteiger charge is 2.36. The fourth-order valence-corrected chi connectivity index (χ4v) is 2.02. The second kappa shape index (κ2) is 5.03. The van der Waals surface area contributed by atoms with Crippen LogP contribution in [0.25, 0.3) is 0 Å². The largest absolute Gasteiger partial charge is 0.397 e. The Morgan fingerprint density at radius 1 is 1.38 bits per heavy atom. The number of carbonyl (C=O) groups is 1. The van der Waals surface area contributed by atoms with Crippen LogP contribution in [0.4, 0.5) is 13.2 Å². The zero-order valence-corrected chi connectivity index (χ0v) is 9.13. The predicted molar refractivity (Wildman–Crippen MR) is 51.7 cm³/mol. The molecule has 6 heteroatoms. The van der Waals surface area contributed by atoms with E-state index in [1.54, 1.807) is 0 Å². The number of alkyl halides is 3. The molecule has 1 saturated carbocycles. The molecule has 0 aromatic carbocycles. The van der Waals surface area contributed by atoms with Gasteiger partial charge in [0.15, 0.2) is 0 Å². The molecule has 0 heterocycles. The standard InChI is InChI=1S/C10H16F3NO2/c1-14(9(16)6-10(11,12)13)7-4-2-3-5-8(7)15/h7-8,15H,2-6H2,1H3. The minimum Gasteiger partial charge on any atom is -0.391 e. The van der Waals surface area contributed by atoms with Gasteiger partial charge in [-0.3, -0.25) is 4.79 Å². The molecule has 1 aliphatic carbocycles. The zero-order chi connectivity index (χ0) is 12.3. The van der Waals surface area contributed by atoms with Gasteiger partial charge in [-0.25, -0.2) is 0 Å². The molecule has 1 aliphatic rings. The molecule has 2 atom stereocenters. The van der Waals surface area contributed by atoms with Crippen LogP contribution in [0.1, 0.15) is 32.1 Å².